The fraction of sp³-hybridized carbons (Fsp3) is 0.105. The SMILES string of the molecule is NC/C=C(\F)COc1ccc2c(=O)c(-c3ccc(O)cc3)coc2c1. The van der Waals surface area contributed by atoms with Crippen molar-refractivity contribution in [1.29, 1.82) is 0 Å². The predicted octanol–water partition coefficient (Wildman–Crippen LogP) is 3.36. The first-order valence-electron chi connectivity index (χ1n) is 7.61. The lowest BCUT2D eigenvalue weighted by atomic mass is 10.1. The van der Waals surface area contributed by atoms with Crippen molar-refractivity contribution in [1.82, 2.24) is 0 Å². The lowest BCUT2D eigenvalue weighted by molar-refractivity contribution is 0.318. The molecule has 0 unspecified atom stereocenters. The third kappa shape index (κ3) is 3.70. The van der Waals surface area contributed by atoms with Crippen molar-refractivity contribution in [2.45, 2.75) is 0 Å². The topological polar surface area (TPSA) is 85.7 Å². The Bertz CT molecular complexity index is 977. The summed E-state index contributed by atoms with van der Waals surface area (Å²) in [6.07, 6.45) is 2.58. The minimum atomic E-state index is -0.466. The van der Waals surface area contributed by atoms with Gasteiger partial charge in [-0.3, -0.25) is 4.79 Å². The van der Waals surface area contributed by atoms with Crippen molar-refractivity contribution < 1.29 is 18.7 Å². The molecule has 3 N–H and O–H groups in total. The number of rotatable bonds is 5. The van der Waals surface area contributed by atoms with Crippen LogP contribution in [0.5, 0.6) is 11.5 Å². The van der Waals surface area contributed by atoms with E-state index < -0.39 is 5.83 Å². The number of hydrogen-bond donors (Lipinski definition) is 2. The largest absolute Gasteiger partial charge is 0.508 e. The lowest BCUT2D eigenvalue weighted by Crippen LogP contribution is -2.05. The molecule has 0 aliphatic heterocycles. The maximum absolute atomic E-state index is 13.3. The van der Waals surface area contributed by atoms with Gasteiger partial charge in [-0.05, 0) is 35.9 Å². The Morgan fingerprint density at radius 1 is 1.24 bits per heavy atom. The first-order valence-corrected chi connectivity index (χ1v) is 7.61. The Morgan fingerprint density at radius 2 is 2.00 bits per heavy atom. The zero-order valence-corrected chi connectivity index (χ0v) is 13.2. The molecule has 5 nitrogen and oxygen atoms in total. The van der Waals surface area contributed by atoms with E-state index in [-0.39, 0.29) is 24.3 Å². The van der Waals surface area contributed by atoms with Crippen molar-refractivity contribution in [3.05, 3.63) is 70.9 Å². The Morgan fingerprint density at radius 3 is 2.72 bits per heavy atom. The summed E-state index contributed by atoms with van der Waals surface area (Å²) < 4.78 is 24.1. The molecule has 1 heterocycles. The van der Waals surface area contributed by atoms with Crippen LogP contribution in [0.4, 0.5) is 4.39 Å². The molecule has 0 saturated carbocycles. The van der Waals surface area contributed by atoms with Gasteiger partial charge in [-0.15, -0.1) is 0 Å². The number of halogens is 1. The van der Waals surface area contributed by atoms with Crippen LogP contribution in [0.1, 0.15) is 0 Å². The molecule has 1 aromatic heterocycles. The van der Waals surface area contributed by atoms with Crippen LogP contribution in [-0.4, -0.2) is 18.3 Å². The zero-order valence-electron chi connectivity index (χ0n) is 13.2. The van der Waals surface area contributed by atoms with E-state index in [9.17, 15) is 14.3 Å². The molecule has 0 fully saturated rings. The number of aromatic hydroxyl groups is 1. The minimum Gasteiger partial charge on any atom is -0.508 e. The van der Waals surface area contributed by atoms with Crippen LogP contribution in [0.2, 0.25) is 0 Å². The predicted molar refractivity (Wildman–Crippen MR) is 93.3 cm³/mol. The van der Waals surface area contributed by atoms with Crippen molar-refractivity contribution in [2.24, 2.45) is 5.73 Å². The van der Waals surface area contributed by atoms with Crippen molar-refractivity contribution in [2.75, 3.05) is 13.2 Å². The van der Waals surface area contributed by atoms with Crippen molar-refractivity contribution in [3.63, 3.8) is 0 Å². The van der Waals surface area contributed by atoms with Gasteiger partial charge >= 0.3 is 0 Å². The van der Waals surface area contributed by atoms with E-state index in [1.54, 1.807) is 24.3 Å². The summed E-state index contributed by atoms with van der Waals surface area (Å²) in [6, 6.07) is 11.0. The van der Waals surface area contributed by atoms with Crippen LogP contribution in [-0.2, 0) is 0 Å². The summed E-state index contributed by atoms with van der Waals surface area (Å²) in [5, 5.41) is 9.73. The second-order valence-electron chi connectivity index (χ2n) is 5.36. The number of fused-ring (bicyclic) bond motifs is 1. The van der Waals surface area contributed by atoms with Gasteiger partial charge < -0.3 is 20.0 Å². The molecule has 0 saturated heterocycles. The highest BCUT2D eigenvalue weighted by Gasteiger charge is 2.10. The molecule has 3 aromatic rings. The van der Waals surface area contributed by atoms with Crippen LogP contribution in [0.15, 0.2) is 69.8 Å². The molecule has 0 spiro atoms. The molecule has 128 valence electrons. The molecule has 3 rings (SSSR count). The van der Waals surface area contributed by atoms with E-state index in [2.05, 4.69) is 0 Å². The quantitative estimate of drug-likeness (QED) is 0.743. The van der Waals surface area contributed by atoms with Crippen LogP contribution < -0.4 is 15.9 Å². The first kappa shape index (κ1) is 16.7. The van der Waals surface area contributed by atoms with Crippen LogP contribution in [0.3, 0.4) is 0 Å². The third-order valence-corrected chi connectivity index (χ3v) is 3.64. The lowest BCUT2D eigenvalue weighted by Gasteiger charge is -2.07. The fourth-order valence-corrected chi connectivity index (χ4v) is 2.38. The number of hydrogen-bond acceptors (Lipinski definition) is 5. The average molecular weight is 341 g/mol. The minimum absolute atomic E-state index is 0.0990. The molecule has 0 aliphatic rings. The van der Waals surface area contributed by atoms with Crippen molar-refractivity contribution >= 4 is 11.0 Å². The molecule has 0 radical (unpaired) electrons. The second kappa shape index (κ2) is 7.19. The van der Waals surface area contributed by atoms with Crippen LogP contribution in [0, 0.1) is 0 Å². The molecule has 0 aliphatic carbocycles. The molecular weight excluding hydrogens is 325 g/mol. The highest BCUT2D eigenvalue weighted by Crippen LogP contribution is 2.24. The summed E-state index contributed by atoms with van der Waals surface area (Å²) in [5.41, 5.74) is 6.39. The van der Waals surface area contributed by atoms with E-state index in [0.29, 0.717) is 27.8 Å². The molecule has 0 bridgehead atoms. The smallest absolute Gasteiger partial charge is 0.200 e. The van der Waals surface area contributed by atoms with Gasteiger partial charge in [-0.2, -0.15) is 0 Å². The van der Waals surface area contributed by atoms with Gasteiger partial charge in [-0.1, -0.05) is 12.1 Å². The van der Waals surface area contributed by atoms with Gasteiger partial charge in [0.25, 0.3) is 0 Å². The van der Waals surface area contributed by atoms with E-state index in [0.717, 1.165) is 0 Å². The number of phenols is 1. The molecule has 0 atom stereocenters. The number of nitrogens with two attached hydrogens (primary N) is 1. The maximum Gasteiger partial charge on any atom is 0.200 e. The van der Waals surface area contributed by atoms with Crippen LogP contribution in [0.25, 0.3) is 22.1 Å². The Labute approximate surface area is 142 Å². The molecule has 25 heavy (non-hydrogen) atoms. The number of ether oxygens (including phenoxy) is 1. The Balaban J connectivity index is 1.92. The normalized spacial score (nSPS) is 11.7. The Hall–Kier alpha value is -3.12. The number of benzene rings is 2. The van der Waals surface area contributed by atoms with Gasteiger partial charge in [0.1, 0.15) is 35.8 Å². The van der Waals surface area contributed by atoms with Crippen molar-refractivity contribution in [3.8, 4) is 22.6 Å². The summed E-state index contributed by atoms with van der Waals surface area (Å²) in [7, 11) is 0. The summed E-state index contributed by atoms with van der Waals surface area (Å²) in [6.45, 7) is -0.139. The monoisotopic (exact) mass is 341 g/mol. The van der Waals surface area contributed by atoms with Crippen LogP contribution >= 0.6 is 0 Å². The highest BCUT2D eigenvalue weighted by atomic mass is 19.1. The van der Waals surface area contributed by atoms with Gasteiger partial charge in [0.2, 0.25) is 0 Å². The highest BCUT2D eigenvalue weighted by molar-refractivity contribution is 5.82. The van der Waals surface area contributed by atoms with Gasteiger partial charge in [0.15, 0.2) is 5.43 Å². The third-order valence-electron chi connectivity index (χ3n) is 3.64. The second-order valence-corrected chi connectivity index (χ2v) is 5.36. The Kier molecular flexibility index (Phi) is 4.81. The summed E-state index contributed by atoms with van der Waals surface area (Å²) in [5.74, 6) is 0.0342. The molecule has 6 heteroatoms. The van der Waals surface area contributed by atoms with E-state index >= 15 is 0 Å². The summed E-state index contributed by atoms with van der Waals surface area (Å²) in [4.78, 5) is 12.6. The summed E-state index contributed by atoms with van der Waals surface area (Å²) >= 11 is 0. The van der Waals surface area contributed by atoms with Gasteiger partial charge in [0.05, 0.1) is 10.9 Å². The first-order chi connectivity index (χ1) is 12.1. The standard InChI is InChI=1S/C19H16FNO4/c20-13(7-8-21)10-24-15-5-6-16-18(9-15)25-11-17(19(16)23)12-1-3-14(22)4-2-12/h1-7,9,11,22H,8,10,21H2/b13-7-. The fourth-order valence-electron chi connectivity index (χ4n) is 2.38. The average Bonchev–Trinajstić information content (AvgIpc) is 2.61. The maximum atomic E-state index is 13.3. The van der Waals surface area contributed by atoms with E-state index in [1.165, 1.54) is 30.5 Å². The zero-order chi connectivity index (χ0) is 17.8. The molecule has 0 amide bonds. The van der Waals surface area contributed by atoms with E-state index in [4.69, 9.17) is 14.9 Å². The number of phenolic OH excluding ortho intramolecular Hbond substituents is 1. The molecular formula is C19H16FNO4. The van der Waals surface area contributed by atoms with E-state index in [1.807, 2.05) is 0 Å². The molecule has 2 aromatic carbocycles. The van der Waals surface area contributed by atoms with Gasteiger partial charge in [-0.25, -0.2) is 4.39 Å². The van der Waals surface area contributed by atoms with Gasteiger partial charge in [0, 0.05) is 12.6 Å².